The molecule has 3 fully saturated rings. The van der Waals surface area contributed by atoms with Gasteiger partial charge < -0.3 is 4.90 Å². The van der Waals surface area contributed by atoms with Crippen molar-refractivity contribution in [2.24, 2.45) is 5.92 Å². The minimum atomic E-state index is -3.25. The Labute approximate surface area is 158 Å². The number of piperidine rings is 1. The number of nitrogens with zero attached hydrogens (tertiary/aromatic N) is 6. The molecule has 0 unspecified atom stereocenters. The molecule has 9 nitrogen and oxygen atoms in total. The molecule has 4 heterocycles. The summed E-state index contributed by atoms with van der Waals surface area (Å²) in [7, 11) is -3.25. The zero-order valence-electron chi connectivity index (χ0n) is 15.1. The lowest BCUT2D eigenvalue weighted by atomic mass is 9.95. The lowest BCUT2D eigenvalue weighted by molar-refractivity contribution is -0.136. The van der Waals surface area contributed by atoms with Crippen LogP contribution in [-0.2, 0) is 21.4 Å². The zero-order chi connectivity index (χ0) is 19.0. The average Bonchev–Trinajstić information content (AvgIpc) is 2.89. The maximum atomic E-state index is 12.8. The molecular formula is C17H22N6O3S. The smallest absolute Gasteiger partial charge is 0.246 e. The molecular weight excluding hydrogens is 368 g/mol. The summed E-state index contributed by atoms with van der Waals surface area (Å²) in [6.45, 7) is 1.43. The topological polar surface area (TPSA) is 101 Å². The molecule has 0 N–H and O–H groups in total. The van der Waals surface area contributed by atoms with E-state index in [1.165, 1.54) is 15.4 Å². The Bertz CT molecular complexity index is 929. The highest BCUT2D eigenvalue weighted by atomic mass is 32.2. The Kier molecular flexibility index (Phi) is 4.68. The summed E-state index contributed by atoms with van der Waals surface area (Å²) in [5.41, 5.74) is 0.842. The molecule has 5 rings (SSSR count). The van der Waals surface area contributed by atoms with Gasteiger partial charge in [-0.2, -0.15) is 9.10 Å². The van der Waals surface area contributed by atoms with Gasteiger partial charge in [0.2, 0.25) is 21.8 Å². The van der Waals surface area contributed by atoms with Crippen LogP contribution < -0.4 is 0 Å². The van der Waals surface area contributed by atoms with Gasteiger partial charge in [0, 0.05) is 31.2 Å². The van der Waals surface area contributed by atoms with Crippen LogP contribution in [0.2, 0.25) is 0 Å². The zero-order valence-corrected chi connectivity index (χ0v) is 15.9. The van der Waals surface area contributed by atoms with Crippen molar-refractivity contribution in [3.05, 3.63) is 30.3 Å². The number of carbonyl (C=O) groups excluding carboxylic acids is 1. The van der Waals surface area contributed by atoms with Gasteiger partial charge in [-0.05, 0) is 24.0 Å². The molecule has 2 bridgehead atoms. The van der Waals surface area contributed by atoms with Crippen molar-refractivity contribution in [1.29, 1.82) is 0 Å². The number of hydrogen-bond donors (Lipinski definition) is 0. The third-order valence-corrected chi connectivity index (χ3v) is 6.47. The molecule has 144 valence electrons. The van der Waals surface area contributed by atoms with Crippen molar-refractivity contribution in [3.63, 3.8) is 0 Å². The first kappa shape index (κ1) is 18.1. The van der Waals surface area contributed by atoms with E-state index in [4.69, 9.17) is 0 Å². The first-order valence-corrected chi connectivity index (χ1v) is 10.8. The normalized spacial score (nSPS) is 23.4. The lowest BCUT2D eigenvalue weighted by Gasteiger charge is -2.36. The minimum absolute atomic E-state index is 0.00191. The van der Waals surface area contributed by atoms with Crippen molar-refractivity contribution in [3.8, 4) is 11.4 Å². The molecule has 0 aliphatic carbocycles. The number of amides is 1. The van der Waals surface area contributed by atoms with E-state index in [1.54, 1.807) is 4.90 Å². The van der Waals surface area contributed by atoms with E-state index in [1.807, 2.05) is 30.3 Å². The maximum absolute atomic E-state index is 12.8. The van der Waals surface area contributed by atoms with Crippen molar-refractivity contribution in [2.45, 2.75) is 25.4 Å². The van der Waals surface area contributed by atoms with Gasteiger partial charge >= 0.3 is 0 Å². The van der Waals surface area contributed by atoms with Gasteiger partial charge in [0.1, 0.15) is 6.54 Å². The summed E-state index contributed by atoms with van der Waals surface area (Å²) in [6.07, 6.45) is 3.00. The van der Waals surface area contributed by atoms with Gasteiger partial charge in [0.25, 0.3) is 0 Å². The fourth-order valence-corrected chi connectivity index (χ4v) is 4.76. The van der Waals surface area contributed by atoms with Crippen molar-refractivity contribution < 1.29 is 13.2 Å². The van der Waals surface area contributed by atoms with Gasteiger partial charge in [0.15, 0.2) is 0 Å². The van der Waals surface area contributed by atoms with E-state index in [9.17, 15) is 13.2 Å². The van der Waals surface area contributed by atoms with Crippen LogP contribution in [0.3, 0.4) is 0 Å². The molecule has 2 aromatic rings. The number of carbonyl (C=O) groups is 1. The van der Waals surface area contributed by atoms with Crippen LogP contribution in [0.25, 0.3) is 11.4 Å². The monoisotopic (exact) mass is 390 g/mol. The van der Waals surface area contributed by atoms with Crippen LogP contribution >= 0.6 is 0 Å². The summed E-state index contributed by atoms with van der Waals surface area (Å²) >= 11 is 0. The first-order chi connectivity index (χ1) is 12.9. The van der Waals surface area contributed by atoms with Crippen LogP contribution in [0.5, 0.6) is 0 Å². The van der Waals surface area contributed by atoms with Gasteiger partial charge in [0.05, 0.1) is 6.26 Å². The standard InChI is InChI=1S/C17H22N6O3S/c1-27(25,26)21-9-13-7-8-15(11-21)22(10-13)16(24)12-23-19-17(18-20-23)14-5-3-2-4-6-14/h2-6,13,15H,7-12H2,1H3/t13-,15+/m1/s1. The summed E-state index contributed by atoms with van der Waals surface area (Å²) in [5, 5.41) is 12.3. The van der Waals surface area contributed by atoms with Crippen LogP contribution in [0.4, 0.5) is 0 Å². The Morgan fingerprint density at radius 1 is 1.15 bits per heavy atom. The fourth-order valence-electron chi connectivity index (χ4n) is 3.84. The Hall–Kier alpha value is -2.33. The highest BCUT2D eigenvalue weighted by Crippen LogP contribution is 2.29. The molecule has 27 heavy (non-hydrogen) atoms. The van der Waals surface area contributed by atoms with Crippen LogP contribution in [0.15, 0.2) is 30.3 Å². The largest absolute Gasteiger partial charge is 0.336 e. The average molecular weight is 390 g/mol. The van der Waals surface area contributed by atoms with E-state index in [-0.39, 0.29) is 24.4 Å². The van der Waals surface area contributed by atoms with E-state index in [2.05, 4.69) is 15.4 Å². The summed E-state index contributed by atoms with van der Waals surface area (Å²) < 4.78 is 25.4. The van der Waals surface area contributed by atoms with Gasteiger partial charge in [-0.25, -0.2) is 8.42 Å². The Balaban J connectivity index is 1.47. The minimum Gasteiger partial charge on any atom is -0.336 e. The van der Waals surface area contributed by atoms with Crippen molar-refractivity contribution in [1.82, 2.24) is 29.4 Å². The number of fused-ring (bicyclic) bond motifs is 4. The molecule has 3 aliphatic heterocycles. The summed E-state index contributed by atoms with van der Waals surface area (Å²) in [6, 6.07) is 9.37. The highest BCUT2D eigenvalue weighted by molar-refractivity contribution is 7.88. The third kappa shape index (κ3) is 3.86. The first-order valence-electron chi connectivity index (χ1n) is 8.98. The molecule has 0 spiro atoms. The number of hydrogen-bond acceptors (Lipinski definition) is 6. The van der Waals surface area contributed by atoms with E-state index in [0.717, 1.165) is 18.4 Å². The lowest BCUT2D eigenvalue weighted by Crippen LogP contribution is -2.48. The van der Waals surface area contributed by atoms with Crippen LogP contribution in [-0.4, -0.2) is 75.7 Å². The number of benzene rings is 1. The van der Waals surface area contributed by atoms with Crippen molar-refractivity contribution >= 4 is 15.9 Å². The number of aromatic nitrogens is 4. The molecule has 10 heteroatoms. The second kappa shape index (κ2) is 7.01. The number of tetrazole rings is 1. The molecule has 3 aliphatic rings. The molecule has 2 atom stereocenters. The van der Waals surface area contributed by atoms with E-state index >= 15 is 0 Å². The predicted octanol–water partition coefficient (Wildman–Crippen LogP) is 0.223. The fraction of sp³-hybridized carbons (Fsp3) is 0.529. The Morgan fingerprint density at radius 3 is 2.67 bits per heavy atom. The molecule has 0 saturated carbocycles. The Morgan fingerprint density at radius 2 is 1.93 bits per heavy atom. The van der Waals surface area contributed by atoms with Gasteiger partial charge in [-0.15, -0.1) is 10.2 Å². The summed E-state index contributed by atoms with van der Waals surface area (Å²) in [4.78, 5) is 15.9. The van der Waals surface area contributed by atoms with Gasteiger partial charge in [-0.1, -0.05) is 30.3 Å². The molecule has 1 aromatic carbocycles. The predicted molar refractivity (Wildman–Crippen MR) is 97.9 cm³/mol. The summed E-state index contributed by atoms with van der Waals surface area (Å²) in [5.74, 6) is 0.548. The second-order valence-corrected chi connectivity index (χ2v) is 9.22. The maximum Gasteiger partial charge on any atom is 0.246 e. The van der Waals surface area contributed by atoms with Gasteiger partial charge in [-0.3, -0.25) is 4.79 Å². The van der Waals surface area contributed by atoms with E-state index < -0.39 is 10.0 Å². The van der Waals surface area contributed by atoms with E-state index in [0.29, 0.717) is 25.5 Å². The van der Waals surface area contributed by atoms with Crippen LogP contribution in [0.1, 0.15) is 12.8 Å². The SMILES string of the molecule is CS(=O)(=O)N1C[C@H]2CC[C@@H](C1)N(C(=O)Cn1nnc(-c3ccccc3)n1)C2. The van der Waals surface area contributed by atoms with Crippen LogP contribution in [0, 0.1) is 5.92 Å². The number of rotatable bonds is 4. The highest BCUT2D eigenvalue weighted by Gasteiger charge is 2.39. The third-order valence-electron chi connectivity index (χ3n) is 5.23. The molecule has 1 aromatic heterocycles. The second-order valence-electron chi connectivity index (χ2n) is 7.23. The number of sulfonamides is 1. The molecule has 1 amide bonds. The quantitative estimate of drug-likeness (QED) is 0.740. The molecule has 0 radical (unpaired) electrons. The molecule has 3 saturated heterocycles. The van der Waals surface area contributed by atoms with Crippen molar-refractivity contribution in [2.75, 3.05) is 25.9 Å².